The third-order valence-electron chi connectivity index (χ3n) is 2.19. The number of carbonyl (C=O) groups is 1. The zero-order valence-corrected chi connectivity index (χ0v) is 9.69. The lowest BCUT2D eigenvalue weighted by molar-refractivity contribution is -0.127. The molecular weight excluding hydrogens is 202 g/mol. The number of nitrogens with one attached hydrogen (secondary N) is 1. The summed E-state index contributed by atoms with van der Waals surface area (Å²) in [5.41, 5.74) is 1.02. The van der Waals surface area contributed by atoms with E-state index in [1.165, 1.54) is 0 Å². The molecule has 1 rings (SSSR count). The van der Waals surface area contributed by atoms with Gasteiger partial charge in [0.15, 0.2) is 6.10 Å². The molecule has 0 saturated heterocycles. The van der Waals surface area contributed by atoms with Crippen molar-refractivity contribution in [3.05, 3.63) is 42.5 Å². The van der Waals surface area contributed by atoms with Crippen molar-refractivity contribution in [2.24, 2.45) is 0 Å². The molecule has 1 N–H and O–H groups in total. The van der Waals surface area contributed by atoms with Crippen molar-refractivity contribution in [3.63, 3.8) is 0 Å². The fourth-order valence-electron chi connectivity index (χ4n) is 1.25. The Hall–Kier alpha value is -1.77. The molecule has 86 valence electrons. The van der Waals surface area contributed by atoms with Crippen LogP contribution in [0.1, 0.15) is 12.5 Å². The van der Waals surface area contributed by atoms with Gasteiger partial charge in [-0.05, 0) is 25.5 Å². The van der Waals surface area contributed by atoms with Gasteiger partial charge in [-0.3, -0.25) is 4.79 Å². The molecule has 0 fully saturated rings. The van der Waals surface area contributed by atoms with Gasteiger partial charge in [-0.1, -0.05) is 24.3 Å². The van der Waals surface area contributed by atoms with Crippen LogP contribution in [0.5, 0.6) is 5.75 Å². The zero-order valence-electron chi connectivity index (χ0n) is 9.69. The molecule has 1 aromatic rings. The van der Waals surface area contributed by atoms with Gasteiger partial charge < -0.3 is 10.1 Å². The van der Waals surface area contributed by atoms with E-state index in [1.54, 1.807) is 13.0 Å². The number of hydrogen-bond donors (Lipinski definition) is 1. The van der Waals surface area contributed by atoms with E-state index in [0.717, 1.165) is 11.3 Å². The van der Waals surface area contributed by atoms with Gasteiger partial charge >= 0.3 is 0 Å². The molecule has 0 heterocycles. The van der Waals surface area contributed by atoms with Crippen LogP contribution >= 0.6 is 0 Å². The molecule has 0 aliphatic carbocycles. The third-order valence-corrected chi connectivity index (χ3v) is 2.19. The summed E-state index contributed by atoms with van der Waals surface area (Å²) in [5, 5.41) is 2.69. The molecule has 1 atom stereocenters. The summed E-state index contributed by atoms with van der Waals surface area (Å²) in [4.78, 5) is 11.5. The fraction of sp³-hybridized carbons (Fsp3) is 0.308. The predicted molar refractivity (Wildman–Crippen MR) is 64.5 cm³/mol. The summed E-state index contributed by atoms with van der Waals surface area (Å²) in [6, 6.07) is 7.62. The molecule has 1 unspecified atom stereocenters. The lowest BCUT2D eigenvalue weighted by Gasteiger charge is -2.15. The first-order valence-corrected chi connectivity index (χ1v) is 5.26. The van der Waals surface area contributed by atoms with E-state index >= 15 is 0 Å². The summed E-state index contributed by atoms with van der Waals surface area (Å²) in [6.45, 7) is 7.67. The molecule has 0 bridgehead atoms. The second kappa shape index (κ2) is 5.95. The molecule has 1 aromatic carbocycles. The first-order valence-electron chi connectivity index (χ1n) is 5.26. The summed E-state index contributed by atoms with van der Waals surface area (Å²) in [5.74, 6) is 0.604. The minimum Gasteiger partial charge on any atom is -0.481 e. The Morgan fingerprint density at radius 2 is 2.25 bits per heavy atom. The van der Waals surface area contributed by atoms with Gasteiger partial charge in [0.1, 0.15) is 5.75 Å². The van der Waals surface area contributed by atoms with E-state index in [4.69, 9.17) is 4.74 Å². The first kappa shape index (κ1) is 12.3. The largest absolute Gasteiger partial charge is 0.481 e. The standard InChI is InChI=1S/C13H17NO2/c1-4-9-14-13(15)11(3)16-12-8-6-5-7-10(12)2/h4-8,11H,1,9H2,2-3H3,(H,14,15). The SMILES string of the molecule is C=CCNC(=O)C(C)Oc1ccccc1C. The lowest BCUT2D eigenvalue weighted by Crippen LogP contribution is -2.36. The maximum absolute atomic E-state index is 11.5. The Morgan fingerprint density at radius 3 is 2.88 bits per heavy atom. The van der Waals surface area contributed by atoms with Crippen LogP contribution in [0.3, 0.4) is 0 Å². The van der Waals surface area contributed by atoms with Crippen molar-refractivity contribution < 1.29 is 9.53 Å². The van der Waals surface area contributed by atoms with Crippen LogP contribution in [0.25, 0.3) is 0 Å². The second-order valence-electron chi connectivity index (χ2n) is 3.56. The van der Waals surface area contributed by atoms with Crippen LogP contribution in [0.15, 0.2) is 36.9 Å². The second-order valence-corrected chi connectivity index (χ2v) is 3.56. The zero-order chi connectivity index (χ0) is 12.0. The van der Waals surface area contributed by atoms with Crippen molar-refractivity contribution >= 4 is 5.91 Å². The lowest BCUT2D eigenvalue weighted by atomic mass is 10.2. The van der Waals surface area contributed by atoms with E-state index < -0.39 is 6.10 Å². The number of rotatable bonds is 5. The average Bonchev–Trinajstić information content (AvgIpc) is 2.28. The van der Waals surface area contributed by atoms with Gasteiger partial charge in [-0.15, -0.1) is 6.58 Å². The minimum absolute atomic E-state index is 0.136. The summed E-state index contributed by atoms with van der Waals surface area (Å²) in [6.07, 6.45) is 1.14. The van der Waals surface area contributed by atoms with E-state index in [9.17, 15) is 4.79 Å². The molecule has 1 amide bonds. The van der Waals surface area contributed by atoms with Crippen molar-refractivity contribution in [1.29, 1.82) is 0 Å². The normalized spacial score (nSPS) is 11.6. The number of hydrogen-bond acceptors (Lipinski definition) is 2. The number of amides is 1. The van der Waals surface area contributed by atoms with Crippen LogP contribution in [0.2, 0.25) is 0 Å². The monoisotopic (exact) mass is 219 g/mol. The molecule has 0 saturated carbocycles. The smallest absolute Gasteiger partial charge is 0.261 e. The van der Waals surface area contributed by atoms with Crippen LogP contribution in [-0.2, 0) is 4.79 Å². The van der Waals surface area contributed by atoms with Gasteiger partial charge in [0.05, 0.1) is 0 Å². The van der Waals surface area contributed by atoms with Gasteiger partial charge in [0.2, 0.25) is 0 Å². The van der Waals surface area contributed by atoms with Crippen LogP contribution < -0.4 is 10.1 Å². The first-order chi connectivity index (χ1) is 7.65. The summed E-state index contributed by atoms with van der Waals surface area (Å²) >= 11 is 0. The van der Waals surface area contributed by atoms with Gasteiger partial charge in [0.25, 0.3) is 5.91 Å². The van der Waals surface area contributed by atoms with Crippen LogP contribution in [0.4, 0.5) is 0 Å². The van der Waals surface area contributed by atoms with Crippen molar-refractivity contribution in [1.82, 2.24) is 5.32 Å². The Morgan fingerprint density at radius 1 is 1.56 bits per heavy atom. The predicted octanol–water partition coefficient (Wildman–Crippen LogP) is 2.06. The van der Waals surface area contributed by atoms with Crippen LogP contribution in [-0.4, -0.2) is 18.6 Å². The van der Waals surface area contributed by atoms with Crippen LogP contribution in [0, 0.1) is 6.92 Å². The Kier molecular flexibility index (Phi) is 4.58. The van der Waals surface area contributed by atoms with Crippen molar-refractivity contribution in [3.8, 4) is 5.75 Å². The molecule has 0 aromatic heterocycles. The third kappa shape index (κ3) is 3.42. The highest BCUT2D eigenvalue weighted by molar-refractivity contribution is 5.80. The highest BCUT2D eigenvalue weighted by Crippen LogP contribution is 2.17. The summed E-state index contributed by atoms with van der Waals surface area (Å²) in [7, 11) is 0. The van der Waals surface area contributed by atoms with Crippen molar-refractivity contribution in [2.45, 2.75) is 20.0 Å². The summed E-state index contributed by atoms with van der Waals surface area (Å²) < 4.78 is 5.56. The van der Waals surface area contributed by atoms with Gasteiger partial charge in [-0.25, -0.2) is 0 Å². The van der Waals surface area contributed by atoms with E-state index in [0.29, 0.717) is 6.54 Å². The highest BCUT2D eigenvalue weighted by atomic mass is 16.5. The van der Waals surface area contributed by atoms with E-state index in [-0.39, 0.29) is 5.91 Å². The number of benzene rings is 1. The van der Waals surface area contributed by atoms with E-state index in [2.05, 4.69) is 11.9 Å². The average molecular weight is 219 g/mol. The maximum Gasteiger partial charge on any atom is 0.261 e. The highest BCUT2D eigenvalue weighted by Gasteiger charge is 2.13. The quantitative estimate of drug-likeness (QED) is 0.770. The van der Waals surface area contributed by atoms with Gasteiger partial charge in [0, 0.05) is 6.54 Å². The Balaban J connectivity index is 2.57. The molecular formula is C13H17NO2. The fourth-order valence-corrected chi connectivity index (χ4v) is 1.25. The molecule has 0 aliphatic rings. The molecule has 16 heavy (non-hydrogen) atoms. The number of aryl methyl sites for hydroxylation is 1. The molecule has 3 heteroatoms. The number of ether oxygens (including phenoxy) is 1. The van der Waals surface area contributed by atoms with Gasteiger partial charge in [-0.2, -0.15) is 0 Å². The minimum atomic E-state index is -0.499. The topological polar surface area (TPSA) is 38.3 Å². The van der Waals surface area contributed by atoms with Crippen molar-refractivity contribution in [2.75, 3.05) is 6.54 Å². The molecule has 0 radical (unpaired) electrons. The Bertz CT molecular complexity index is 374. The number of carbonyl (C=O) groups excluding carboxylic acids is 1. The van der Waals surface area contributed by atoms with E-state index in [1.807, 2.05) is 31.2 Å². The molecule has 0 spiro atoms. The Labute approximate surface area is 96.1 Å². The molecule has 0 aliphatic heterocycles. The number of para-hydroxylation sites is 1. The molecule has 3 nitrogen and oxygen atoms in total. The maximum atomic E-state index is 11.5.